The molecule has 0 bridgehead atoms. The van der Waals surface area contributed by atoms with E-state index >= 15 is 0 Å². The van der Waals surface area contributed by atoms with Crippen LogP contribution in [0.4, 0.5) is 4.39 Å². The van der Waals surface area contributed by atoms with Crippen molar-refractivity contribution in [1.29, 1.82) is 0 Å². The van der Waals surface area contributed by atoms with E-state index in [1.807, 2.05) is 0 Å². The fraction of sp³-hybridized carbons (Fsp3) is 0.200. The van der Waals surface area contributed by atoms with Gasteiger partial charge in [-0.1, -0.05) is 5.16 Å². The zero-order valence-electron chi connectivity index (χ0n) is 8.41. The fourth-order valence-corrected chi connectivity index (χ4v) is 1.36. The molecule has 0 fully saturated rings. The van der Waals surface area contributed by atoms with Crippen molar-refractivity contribution in [3.63, 3.8) is 0 Å². The van der Waals surface area contributed by atoms with Crippen LogP contribution in [0.5, 0.6) is 5.75 Å². The van der Waals surface area contributed by atoms with E-state index in [0.717, 1.165) is 0 Å². The molecule has 0 radical (unpaired) electrons. The van der Waals surface area contributed by atoms with E-state index in [2.05, 4.69) is 26.1 Å². The van der Waals surface area contributed by atoms with Crippen molar-refractivity contribution < 1.29 is 13.7 Å². The van der Waals surface area contributed by atoms with Gasteiger partial charge in [0.1, 0.15) is 11.6 Å². The van der Waals surface area contributed by atoms with Gasteiger partial charge in [0, 0.05) is 13.0 Å². The maximum atomic E-state index is 13.1. The number of benzene rings is 1. The van der Waals surface area contributed by atoms with Crippen LogP contribution >= 0.6 is 15.9 Å². The number of halogens is 2. The van der Waals surface area contributed by atoms with Crippen LogP contribution in [-0.2, 0) is 6.61 Å². The molecule has 1 heterocycles. The van der Waals surface area contributed by atoms with E-state index in [-0.39, 0.29) is 12.4 Å². The van der Waals surface area contributed by atoms with Crippen molar-refractivity contribution in [3.8, 4) is 5.75 Å². The van der Waals surface area contributed by atoms with Gasteiger partial charge in [0.25, 0.3) is 0 Å². The van der Waals surface area contributed by atoms with Gasteiger partial charge >= 0.3 is 0 Å². The molecule has 0 aliphatic carbocycles. The van der Waals surface area contributed by atoms with E-state index in [9.17, 15) is 4.39 Å². The number of hydrogen-bond donors (Lipinski definition) is 0. The van der Waals surface area contributed by atoms with E-state index in [1.54, 1.807) is 19.1 Å². The summed E-state index contributed by atoms with van der Waals surface area (Å²) in [5.74, 6) is 0.950. The average molecular weight is 287 g/mol. The highest BCUT2D eigenvalue weighted by Gasteiger charge is 2.05. The maximum Gasteiger partial charge on any atom is 0.223 e. The minimum absolute atomic E-state index is 0.151. The van der Waals surface area contributed by atoms with E-state index < -0.39 is 0 Å². The smallest absolute Gasteiger partial charge is 0.223 e. The van der Waals surface area contributed by atoms with Gasteiger partial charge < -0.3 is 9.26 Å². The molecule has 0 spiro atoms. The van der Waals surface area contributed by atoms with Gasteiger partial charge in [-0.3, -0.25) is 0 Å². The van der Waals surface area contributed by atoms with Gasteiger partial charge in [-0.2, -0.15) is 4.98 Å². The Morgan fingerprint density at radius 3 is 2.94 bits per heavy atom. The summed E-state index contributed by atoms with van der Waals surface area (Å²) in [7, 11) is 0. The predicted molar refractivity (Wildman–Crippen MR) is 57.5 cm³/mol. The Morgan fingerprint density at radius 2 is 2.31 bits per heavy atom. The molecule has 2 rings (SSSR count). The highest BCUT2D eigenvalue weighted by molar-refractivity contribution is 9.10. The van der Waals surface area contributed by atoms with Crippen LogP contribution in [0.25, 0.3) is 0 Å². The third kappa shape index (κ3) is 2.57. The van der Waals surface area contributed by atoms with Crippen LogP contribution < -0.4 is 4.74 Å². The summed E-state index contributed by atoms with van der Waals surface area (Å²) in [5, 5.41) is 3.66. The SMILES string of the molecule is Cc1nc(COc2ccc(Br)c(F)c2)no1. The lowest BCUT2D eigenvalue weighted by Crippen LogP contribution is -1.97. The number of hydrogen-bond acceptors (Lipinski definition) is 4. The molecule has 4 nitrogen and oxygen atoms in total. The van der Waals surface area contributed by atoms with Gasteiger partial charge in [-0.05, 0) is 28.1 Å². The summed E-state index contributed by atoms with van der Waals surface area (Å²) in [6.45, 7) is 1.84. The lowest BCUT2D eigenvalue weighted by Gasteiger charge is -2.03. The Bertz CT molecular complexity index is 501. The maximum absolute atomic E-state index is 13.1. The highest BCUT2D eigenvalue weighted by atomic mass is 79.9. The second-order valence-electron chi connectivity index (χ2n) is 3.09. The van der Waals surface area contributed by atoms with Crippen molar-refractivity contribution in [1.82, 2.24) is 10.1 Å². The summed E-state index contributed by atoms with van der Waals surface area (Å²) in [5.41, 5.74) is 0. The van der Waals surface area contributed by atoms with Gasteiger partial charge in [0.05, 0.1) is 4.47 Å². The summed E-state index contributed by atoms with van der Waals surface area (Å²) >= 11 is 3.06. The molecule has 1 aromatic carbocycles. The lowest BCUT2D eigenvalue weighted by molar-refractivity contribution is 0.284. The second kappa shape index (κ2) is 4.61. The topological polar surface area (TPSA) is 48.2 Å². The lowest BCUT2D eigenvalue weighted by atomic mass is 10.3. The van der Waals surface area contributed by atoms with Crippen LogP contribution in [0, 0.1) is 12.7 Å². The number of aromatic nitrogens is 2. The molecular formula is C10H8BrFN2O2. The predicted octanol–water partition coefficient (Wildman–Crippen LogP) is 2.86. The second-order valence-corrected chi connectivity index (χ2v) is 3.95. The van der Waals surface area contributed by atoms with Gasteiger partial charge in [0.2, 0.25) is 11.7 Å². The van der Waals surface area contributed by atoms with Gasteiger partial charge in [0.15, 0.2) is 6.61 Å². The molecule has 1 aromatic heterocycles. The first-order valence-electron chi connectivity index (χ1n) is 4.52. The number of aryl methyl sites for hydroxylation is 1. The minimum atomic E-state index is -0.373. The third-order valence-corrected chi connectivity index (χ3v) is 2.47. The highest BCUT2D eigenvalue weighted by Crippen LogP contribution is 2.21. The molecule has 0 saturated heterocycles. The molecule has 0 aliphatic rings. The molecule has 0 atom stereocenters. The van der Waals surface area contributed by atoms with Crippen molar-refractivity contribution in [2.75, 3.05) is 0 Å². The van der Waals surface area contributed by atoms with Crippen molar-refractivity contribution in [3.05, 3.63) is 40.2 Å². The third-order valence-electron chi connectivity index (χ3n) is 1.83. The van der Waals surface area contributed by atoms with Crippen molar-refractivity contribution >= 4 is 15.9 Å². The summed E-state index contributed by atoms with van der Waals surface area (Å²) < 4.78 is 23.6. The Morgan fingerprint density at radius 1 is 1.50 bits per heavy atom. The molecule has 84 valence electrons. The standard InChI is InChI=1S/C10H8BrFN2O2/c1-6-13-10(14-16-6)5-15-7-2-3-8(11)9(12)4-7/h2-4H,5H2,1H3. The first kappa shape index (κ1) is 11.1. The summed E-state index contributed by atoms with van der Waals surface area (Å²) in [4.78, 5) is 3.96. The Kier molecular flexibility index (Phi) is 3.19. The van der Waals surface area contributed by atoms with Crippen molar-refractivity contribution in [2.45, 2.75) is 13.5 Å². The summed E-state index contributed by atoms with van der Waals surface area (Å²) in [6, 6.07) is 4.52. The zero-order chi connectivity index (χ0) is 11.5. The summed E-state index contributed by atoms with van der Waals surface area (Å²) in [6.07, 6.45) is 0. The van der Waals surface area contributed by atoms with Crippen LogP contribution in [0.15, 0.2) is 27.2 Å². The molecule has 16 heavy (non-hydrogen) atoms. The zero-order valence-corrected chi connectivity index (χ0v) is 9.99. The van der Waals surface area contributed by atoms with Crippen molar-refractivity contribution in [2.24, 2.45) is 0 Å². The van der Waals surface area contributed by atoms with E-state index in [1.165, 1.54) is 6.07 Å². The molecule has 0 N–H and O–H groups in total. The number of nitrogens with zero attached hydrogens (tertiary/aromatic N) is 2. The average Bonchev–Trinajstić information content (AvgIpc) is 2.66. The Hall–Kier alpha value is -1.43. The first-order chi connectivity index (χ1) is 7.65. The van der Waals surface area contributed by atoms with Crippen LogP contribution in [0.1, 0.15) is 11.7 Å². The largest absolute Gasteiger partial charge is 0.485 e. The van der Waals surface area contributed by atoms with E-state index in [4.69, 9.17) is 9.26 Å². The van der Waals surface area contributed by atoms with Gasteiger partial charge in [-0.25, -0.2) is 4.39 Å². The Labute approximate surface area is 99.5 Å². The monoisotopic (exact) mass is 286 g/mol. The molecule has 2 aromatic rings. The molecule has 0 unspecified atom stereocenters. The Balaban J connectivity index is 2.02. The quantitative estimate of drug-likeness (QED) is 0.871. The first-order valence-corrected chi connectivity index (χ1v) is 5.31. The van der Waals surface area contributed by atoms with Gasteiger partial charge in [-0.15, -0.1) is 0 Å². The molecule has 0 saturated carbocycles. The molecule has 0 amide bonds. The molecule has 6 heteroatoms. The number of ether oxygens (including phenoxy) is 1. The number of rotatable bonds is 3. The van der Waals surface area contributed by atoms with Crippen LogP contribution in [0.3, 0.4) is 0 Å². The van der Waals surface area contributed by atoms with Crippen LogP contribution in [0.2, 0.25) is 0 Å². The van der Waals surface area contributed by atoms with E-state index in [0.29, 0.717) is 21.9 Å². The van der Waals surface area contributed by atoms with Crippen LogP contribution in [-0.4, -0.2) is 10.1 Å². The fourth-order valence-electron chi connectivity index (χ4n) is 1.11. The minimum Gasteiger partial charge on any atom is -0.485 e. The molecular weight excluding hydrogens is 279 g/mol. The molecule has 0 aliphatic heterocycles. The normalized spacial score (nSPS) is 10.4.